The van der Waals surface area contributed by atoms with Gasteiger partial charge in [-0.1, -0.05) is 11.6 Å². The average molecular weight is 510 g/mol. The summed E-state index contributed by atoms with van der Waals surface area (Å²) < 4.78 is 40.9. The van der Waals surface area contributed by atoms with E-state index >= 15 is 0 Å². The number of anilines is 2. The smallest absolute Gasteiger partial charge is 0.333 e. The quantitative estimate of drug-likeness (QED) is 0.310. The lowest BCUT2D eigenvalue weighted by molar-refractivity contribution is 0.256. The van der Waals surface area contributed by atoms with Crippen LogP contribution >= 0.6 is 22.9 Å². The van der Waals surface area contributed by atoms with Crippen molar-refractivity contribution in [3.8, 4) is 5.69 Å². The first-order valence-corrected chi connectivity index (χ1v) is 11.7. The number of hydrogen-bond donors (Lipinski definition) is 4. The van der Waals surface area contributed by atoms with E-state index in [1.165, 1.54) is 36.4 Å². The van der Waals surface area contributed by atoms with Crippen LogP contribution in [-0.4, -0.2) is 24.0 Å². The van der Waals surface area contributed by atoms with E-state index in [2.05, 4.69) is 10.3 Å². The third-order valence-corrected chi connectivity index (χ3v) is 7.49. The molecule has 0 radical (unpaired) electrons. The van der Waals surface area contributed by atoms with Crippen molar-refractivity contribution < 1.29 is 17.6 Å². The van der Waals surface area contributed by atoms with E-state index in [1.54, 1.807) is 0 Å². The number of aromatic amines is 1. The number of urea groups is 1. The molecule has 33 heavy (non-hydrogen) atoms. The summed E-state index contributed by atoms with van der Waals surface area (Å²) in [5.41, 5.74) is 4.11. The van der Waals surface area contributed by atoms with Crippen LogP contribution in [0.4, 0.5) is 20.6 Å². The van der Waals surface area contributed by atoms with Crippen molar-refractivity contribution >= 4 is 61.3 Å². The molecule has 0 saturated heterocycles. The number of nitrogens with two attached hydrogens (primary N) is 1. The summed E-state index contributed by atoms with van der Waals surface area (Å²) in [7, 11) is -4.11. The van der Waals surface area contributed by atoms with Crippen LogP contribution < -0.4 is 27.0 Å². The molecule has 10 nitrogen and oxygen atoms in total. The van der Waals surface area contributed by atoms with Crippen molar-refractivity contribution in [2.45, 2.75) is 4.21 Å². The largest absolute Gasteiger partial charge is 0.396 e. The molecule has 0 aliphatic heterocycles. The zero-order valence-corrected chi connectivity index (χ0v) is 18.6. The normalized spacial score (nSPS) is 11.5. The highest BCUT2D eigenvalue weighted by molar-refractivity contribution is 7.92. The van der Waals surface area contributed by atoms with Gasteiger partial charge >= 0.3 is 11.7 Å². The van der Waals surface area contributed by atoms with Gasteiger partial charge in [-0.05, 0) is 48.5 Å². The molecule has 0 aliphatic carbocycles. The molecular formula is C19H13ClFN5O5S2. The van der Waals surface area contributed by atoms with Crippen LogP contribution in [0.25, 0.3) is 16.6 Å². The summed E-state index contributed by atoms with van der Waals surface area (Å²) in [4.78, 5) is 39.7. The number of benzene rings is 2. The second kappa shape index (κ2) is 8.35. The van der Waals surface area contributed by atoms with Gasteiger partial charge in [0.05, 0.1) is 26.6 Å². The Morgan fingerprint density at radius 1 is 1.12 bits per heavy atom. The Bertz CT molecular complexity index is 1630. The van der Waals surface area contributed by atoms with E-state index in [4.69, 9.17) is 17.3 Å². The number of aromatic nitrogens is 2. The van der Waals surface area contributed by atoms with Gasteiger partial charge in [0.2, 0.25) is 0 Å². The van der Waals surface area contributed by atoms with Crippen LogP contribution in [0.2, 0.25) is 4.34 Å². The Balaban J connectivity index is 1.58. The minimum Gasteiger partial charge on any atom is -0.396 e. The molecule has 14 heteroatoms. The van der Waals surface area contributed by atoms with Gasteiger partial charge < -0.3 is 16.0 Å². The number of nitrogens with zero attached hydrogens (tertiary/aromatic N) is 1. The van der Waals surface area contributed by atoms with Crippen LogP contribution in [0.3, 0.4) is 0 Å². The number of halogens is 2. The Morgan fingerprint density at radius 3 is 2.45 bits per heavy atom. The molecule has 0 aliphatic rings. The van der Waals surface area contributed by atoms with Crippen LogP contribution in [0.1, 0.15) is 0 Å². The predicted molar refractivity (Wildman–Crippen MR) is 123 cm³/mol. The van der Waals surface area contributed by atoms with Crippen molar-refractivity contribution in [3.05, 3.63) is 79.5 Å². The Kier molecular flexibility index (Phi) is 5.69. The molecule has 0 saturated carbocycles. The number of hydrogen-bond acceptors (Lipinski definition) is 7. The zero-order valence-electron chi connectivity index (χ0n) is 16.3. The summed E-state index contributed by atoms with van der Waals surface area (Å²) in [5.74, 6) is -0.802. The van der Waals surface area contributed by atoms with Gasteiger partial charge in [-0.2, -0.15) is 0 Å². The molecular weight excluding hydrogens is 497 g/mol. The molecule has 2 aromatic carbocycles. The molecule has 4 aromatic rings. The molecule has 0 atom stereocenters. The highest BCUT2D eigenvalue weighted by Gasteiger charge is 2.20. The van der Waals surface area contributed by atoms with Crippen molar-refractivity contribution in [1.29, 1.82) is 0 Å². The van der Waals surface area contributed by atoms with Gasteiger partial charge in [-0.3, -0.25) is 4.79 Å². The minimum atomic E-state index is -4.11. The maximum absolute atomic E-state index is 13.8. The number of nitrogens with one attached hydrogen (secondary N) is 3. The number of amides is 2. The van der Waals surface area contributed by atoms with Crippen molar-refractivity contribution in [3.63, 3.8) is 0 Å². The molecule has 0 spiro atoms. The van der Waals surface area contributed by atoms with Gasteiger partial charge in [0.25, 0.3) is 15.6 Å². The van der Waals surface area contributed by atoms with Crippen LogP contribution in [0.15, 0.2) is 62.3 Å². The number of H-pyrrole nitrogens is 1. The summed E-state index contributed by atoms with van der Waals surface area (Å²) in [5, 5.41) is 2.25. The van der Waals surface area contributed by atoms with E-state index in [1.807, 2.05) is 4.72 Å². The molecule has 2 heterocycles. The van der Waals surface area contributed by atoms with Crippen LogP contribution in [0, 0.1) is 5.82 Å². The fourth-order valence-electron chi connectivity index (χ4n) is 2.95. The number of nitrogen functional groups attached to an aromatic ring is 1. The number of carbonyl (C=O) groups is 1. The summed E-state index contributed by atoms with van der Waals surface area (Å²) in [6.45, 7) is 0. The van der Waals surface area contributed by atoms with Crippen LogP contribution in [0.5, 0.6) is 0 Å². The first-order chi connectivity index (χ1) is 15.5. The highest BCUT2D eigenvalue weighted by atomic mass is 35.5. The lowest BCUT2D eigenvalue weighted by Crippen LogP contribution is -2.34. The third kappa shape index (κ3) is 4.46. The zero-order chi connectivity index (χ0) is 23.9. The molecule has 0 unspecified atom stereocenters. The SMILES string of the molecule is Nc1cc2[nH]c(=O)n(-c3ccc(NC(=O)NS(=O)(=O)c4ccc(Cl)s4)cc3)c(=O)c2cc1F. The molecule has 170 valence electrons. The van der Waals surface area contributed by atoms with E-state index in [0.717, 1.165) is 28.0 Å². The van der Waals surface area contributed by atoms with E-state index in [0.29, 0.717) is 0 Å². The van der Waals surface area contributed by atoms with E-state index in [-0.39, 0.29) is 36.5 Å². The van der Waals surface area contributed by atoms with Crippen molar-refractivity contribution in [2.24, 2.45) is 0 Å². The number of fused-ring (bicyclic) bond motifs is 1. The summed E-state index contributed by atoms with van der Waals surface area (Å²) >= 11 is 6.51. The second-order valence-corrected chi connectivity index (χ2v) is 10.3. The lowest BCUT2D eigenvalue weighted by Gasteiger charge is -2.10. The first-order valence-electron chi connectivity index (χ1n) is 8.99. The Labute approximate surface area is 193 Å². The minimum absolute atomic E-state index is 0.0817. The average Bonchev–Trinajstić information content (AvgIpc) is 3.18. The van der Waals surface area contributed by atoms with Gasteiger partial charge in [-0.25, -0.2) is 31.7 Å². The van der Waals surface area contributed by atoms with Crippen LogP contribution in [-0.2, 0) is 10.0 Å². The monoisotopic (exact) mass is 509 g/mol. The highest BCUT2D eigenvalue weighted by Crippen LogP contribution is 2.25. The van der Waals surface area contributed by atoms with Crippen molar-refractivity contribution in [1.82, 2.24) is 14.3 Å². The summed E-state index contributed by atoms with van der Waals surface area (Å²) in [6.07, 6.45) is 0. The summed E-state index contributed by atoms with van der Waals surface area (Å²) in [6, 6.07) is 9.10. The molecule has 4 rings (SSSR count). The third-order valence-electron chi connectivity index (χ3n) is 4.44. The van der Waals surface area contributed by atoms with E-state index in [9.17, 15) is 27.2 Å². The van der Waals surface area contributed by atoms with Gasteiger partial charge in [0.15, 0.2) is 0 Å². The number of carbonyl (C=O) groups excluding carboxylic acids is 1. The first kappa shape index (κ1) is 22.5. The van der Waals surface area contributed by atoms with Gasteiger partial charge in [-0.15, -0.1) is 11.3 Å². The molecule has 0 fully saturated rings. The Morgan fingerprint density at radius 2 is 1.82 bits per heavy atom. The Hall–Kier alpha value is -3.68. The molecule has 0 bridgehead atoms. The standard InChI is InChI=1S/C19H13ClFN5O5S2/c20-15-5-6-16(32-15)33(30,31)25-18(28)23-9-1-3-10(4-2-9)26-17(27)11-7-12(21)13(22)8-14(11)24-19(26)29/h1-8H,22H2,(H,24,29)(H2,23,25,28). The van der Waals surface area contributed by atoms with Crippen molar-refractivity contribution in [2.75, 3.05) is 11.1 Å². The number of sulfonamides is 1. The maximum Gasteiger partial charge on any atom is 0.333 e. The predicted octanol–water partition coefficient (Wildman–Crippen LogP) is 2.63. The number of rotatable bonds is 4. The van der Waals surface area contributed by atoms with E-state index < -0.39 is 33.1 Å². The molecule has 2 amide bonds. The fraction of sp³-hybridized carbons (Fsp3) is 0. The van der Waals surface area contributed by atoms with Gasteiger partial charge in [0, 0.05) is 5.69 Å². The van der Waals surface area contributed by atoms with Gasteiger partial charge in [0.1, 0.15) is 10.0 Å². The topological polar surface area (TPSA) is 156 Å². The fourth-order valence-corrected chi connectivity index (χ4v) is 5.34. The molecule has 5 N–H and O–H groups in total. The second-order valence-electron chi connectivity index (χ2n) is 6.66. The lowest BCUT2D eigenvalue weighted by atomic mass is 10.2. The number of thiophene rings is 1. The maximum atomic E-state index is 13.8. The molecule has 2 aromatic heterocycles.